The van der Waals surface area contributed by atoms with Crippen molar-refractivity contribution in [2.24, 2.45) is 11.7 Å². The van der Waals surface area contributed by atoms with E-state index in [-0.39, 0.29) is 5.92 Å². The van der Waals surface area contributed by atoms with Crippen LogP contribution in [0.1, 0.15) is 18.1 Å². The van der Waals surface area contributed by atoms with Crippen molar-refractivity contribution < 1.29 is 4.39 Å². The van der Waals surface area contributed by atoms with Gasteiger partial charge in [-0.15, -0.1) is 0 Å². The third kappa shape index (κ3) is 4.80. The molecule has 3 heteroatoms. The normalized spacial score (nSPS) is 21.8. The Morgan fingerprint density at radius 3 is 1.79 bits per heavy atom. The molecule has 0 aromatic heterocycles. The molecule has 3 rings (SSSR count). The van der Waals surface area contributed by atoms with Crippen LogP contribution in [0.4, 0.5) is 15.8 Å². The zero-order valence-electron chi connectivity index (χ0n) is 14.5. The smallest absolute Gasteiger partial charge is 0.184 e. The maximum Gasteiger partial charge on any atom is 0.184 e. The molecule has 1 aliphatic rings. The van der Waals surface area contributed by atoms with Gasteiger partial charge in [-0.25, -0.2) is 4.39 Å². The van der Waals surface area contributed by atoms with Gasteiger partial charge in [-0.3, -0.25) is 5.73 Å². The van der Waals surface area contributed by atoms with Crippen LogP contribution in [0.15, 0.2) is 72.8 Å². The summed E-state index contributed by atoms with van der Waals surface area (Å²) in [6.45, 7) is 5.97. The van der Waals surface area contributed by atoms with Gasteiger partial charge in [0, 0.05) is 17.3 Å². The molecule has 2 aromatic rings. The van der Waals surface area contributed by atoms with Gasteiger partial charge in [0.15, 0.2) is 5.79 Å². The molecule has 126 valence electrons. The maximum absolute atomic E-state index is 12.9. The first-order valence-corrected chi connectivity index (χ1v) is 8.12. The molecule has 0 radical (unpaired) electrons. The first-order chi connectivity index (χ1) is 11.4. The molecule has 0 amide bonds. The highest BCUT2D eigenvalue weighted by atomic mass is 19.1. The lowest BCUT2D eigenvalue weighted by Crippen LogP contribution is -2.39. The molecule has 0 bridgehead atoms. The molecule has 0 aliphatic heterocycles. The zero-order chi connectivity index (χ0) is 17.6. The monoisotopic (exact) mass is 324 g/mol. The van der Waals surface area contributed by atoms with Gasteiger partial charge in [-0.1, -0.05) is 61.5 Å². The van der Waals surface area contributed by atoms with Crippen LogP contribution in [0, 0.1) is 19.8 Å². The molecule has 1 aliphatic carbocycles. The van der Waals surface area contributed by atoms with Gasteiger partial charge >= 0.3 is 0 Å². The summed E-state index contributed by atoms with van der Waals surface area (Å²) in [6, 6.07) is 16.6. The Balaban J connectivity index is 0.000000198. The molecule has 0 fully saturated rings. The van der Waals surface area contributed by atoms with E-state index in [1.165, 1.54) is 28.6 Å². The van der Waals surface area contributed by atoms with E-state index >= 15 is 0 Å². The van der Waals surface area contributed by atoms with Crippen molar-refractivity contribution in [2.75, 3.05) is 5.32 Å². The number of para-hydroxylation sites is 2. The third-order valence-corrected chi connectivity index (χ3v) is 4.12. The van der Waals surface area contributed by atoms with Crippen LogP contribution < -0.4 is 11.1 Å². The summed E-state index contributed by atoms with van der Waals surface area (Å²) in [7, 11) is 0. The highest BCUT2D eigenvalue weighted by Crippen LogP contribution is 2.23. The number of nitrogens with one attached hydrogen (secondary N) is 1. The van der Waals surface area contributed by atoms with Crippen LogP contribution in [-0.2, 0) is 0 Å². The van der Waals surface area contributed by atoms with Gasteiger partial charge < -0.3 is 5.32 Å². The summed E-state index contributed by atoms with van der Waals surface area (Å²) in [4.78, 5) is 0. The van der Waals surface area contributed by atoms with Crippen molar-refractivity contribution in [1.82, 2.24) is 0 Å². The van der Waals surface area contributed by atoms with Crippen LogP contribution >= 0.6 is 0 Å². The summed E-state index contributed by atoms with van der Waals surface area (Å²) < 4.78 is 12.9. The third-order valence-electron chi connectivity index (χ3n) is 4.12. The number of halogens is 1. The molecule has 24 heavy (non-hydrogen) atoms. The lowest BCUT2D eigenvalue weighted by molar-refractivity contribution is 0.184. The highest BCUT2D eigenvalue weighted by Gasteiger charge is 2.27. The van der Waals surface area contributed by atoms with Gasteiger partial charge in [0.1, 0.15) is 0 Å². The average molecular weight is 324 g/mol. The fourth-order valence-electron chi connectivity index (χ4n) is 2.30. The van der Waals surface area contributed by atoms with E-state index in [0.29, 0.717) is 0 Å². The Kier molecular flexibility index (Phi) is 5.93. The number of alkyl halides is 1. The Morgan fingerprint density at radius 2 is 1.42 bits per heavy atom. The number of benzene rings is 2. The second kappa shape index (κ2) is 7.93. The molecule has 0 saturated carbocycles. The molecule has 2 unspecified atom stereocenters. The average Bonchev–Trinajstić information content (AvgIpc) is 2.55. The van der Waals surface area contributed by atoms with Crippen molar-refractivity contribution in [3.8, 4) is 0 Å². The Morgan fingerprint density at radius 1 is 0.917 bits per heavy atom. The van der Waals surface area contributed by atoms with Crippen LogP contribution in [0.25, 0.3) is 0 Å². The van der Waals surface area contributed by atoms with E-state index in [9.17, 15) is 4.39 Å². The predicted octanol–water partition coefficient (Wildman–Crippen LogP) is 5.42. The number of hydrogen-bond acceptors (Lipinski definition) is 2. The van der Waals surface area contributed by atoms with Crippen molar-refractivity contribution >= 4 is 11.4 Å². The predicted molar refractivity (Wildman–Crippen MR) is 101 cm³/mol. The molecule has 2 aromatic carbocycles. The van der Waals surface area contributed by atoms with E-state index < -0.39 is 5.79 Å². The van der Waals surface area contributed by atoms with Crippen molar-refractivity contribution in [3.63, 3.8) is 0 Å². The van der Waals surface area contributed by atoms with Crippen molar-refractivity contribution in [2.45, 2.75) is 26.6 Å². The summed E-state index contributed by atoms with van der Waals surface area (Å²) in [5, 5.41) is 3.44. The van der Waals surface area contributed by atoms with Gasteiger partial charge in [0.05, 0.1) is 0 Å². The Bertz CT molecular complexity index is 689. The van der Waals surface area contributed by atoms with E-state index in [4.69, 9.17) is 5.73 Å². The molecule has 2 nitrogen and oxygen atoms in total. The molecule has 0 saturated heterocycles. The lowest BCUT2D eigenvalue weighted by Gasteiger charge is -2.22. The quantitative estimate of drug-likeness (QED) is 0.724. The molecule has 3 N–H and O–H groups in total. The van der Waals surface area contributed by atoms with E-state index in [1.54, 1.807) is 25.2 Å². The van der Waals surface area contributed by atoms with Crippen LogP contribution in [0.3, 0.4) is 0 Å². The Hall–Kier alpha value is -2.39. The number of anilines is 2. The fraction of sp³-hybridized carbons (Fsp3) is 0.238. The van der Waals surface area contributed by atoms with Gasteiger partial charge in [-0.2, -0.15) is 0 Å². The summed E-state index contributed by atoms with van der Waals surface area (Å²) >= 11 is 0. The number of hydrogen-bond donors (Lipinski definition) is 2. The number of rotatable bonds is 2. The minimum Gasteiger partial charge on any atom is -0.355 e. The SMILES string of the molecule is CC1C=CC=CC1(N)F.Cc1ccccc1Nc1ccccc1C. The van der Waals surface area contributed by atoms with E-state index in [2.05, 4.69) is 55.6 Å². The van der Waals surface area contributed by atoms with Crippen LogP contribution in [0.2, 0.25) is 0 Å². The standard InChI is InChI=1S/C14H15N.C7H10FN/c1-11-7-3-5-9-13(11)15-14-10-6-4-8-12(14)2;1-6-4-2-3-5-7(6,8)9/h3-10,15H,1-2H3;2-6H,9H2,1H3. The maximum atomic E-state index is 12.9. The Labute approximate surface area is 143 Å². The van der Waals surface area contributed by atoms with Crippen LogP contribution in [-0.4, -0.2) is 5.79 Å². The van der Waals surface area contributed by atoms with Crippen molar-refractivity contribution in [3.05, 3.63) is 84.0 Å². The fourth-order valence-corrected chi connectivity index (χ4v) is 2.30. The summed E-state index contributed by atoms with van der Waals surface area (Å²) in [6.07, 6.45) is 6.55. The number of aryl methyl sites for hydroxylation is 2. The van der Waals surface area contributed by atoms with Crippen molar-refractivity contribution in [1.29, 1.82) is 0 Å². The van der Waals surface area contributed by atoms with Gasteiger partial charge in [0.25, 0.3) is 0 Å². The molecular formula is C21H25FN2. The van der Waals surface area contributed by atoms with Gasteiger partial charge in [-0.05, 0) is 43.2 Å². The minimum atomic E-state index is -1.63. The molecular weight excluding hydrogens is 299 g/mol. The second-order valence-corrected chi connectivity index (χ2v) is 6.11. The van der Waals surface area contributed by atoms with Crippen LogP contribution in [0.5, 0.6) is 0 Å². The number of allylic oxidation sites excluding steroid dienone is 2. The number of nitrogens with two attached hydrogens (primary N) is 1. The zero-order valence-corrected chi connectivity index (χ0v) is 14.5. The van der Waals surface area contributed by atoms with E-state index in [1.807, 2.05) is 12.1 Å². The molecule has 2 atom stereocenters. The topological polar surface area (TPSA) is 38.0 Å². The first kappa shape index (κ1) is 18.0. The summed E-state index contributed by atoms with van der Waals surface area (Å²) in [5.41, 5.74) is 10.1. The lowest BCUT2D eigenvalue weighted by atomic mass is 9.96. The summed E-state index contributed by atoms with van der Waals surface area (Å²) in [5.74, 6) is -1.84. The highest BCUT2D eigenvalue weighted by molar-refractivity contribution is 5.65. The first-order valence-electron chi connectivity index (χ1n) is 8.12. The second-order valence-electron chi connectivity index (χ2n) is 6.11. The minimum absolute atomic E-state index is 0.206. The largest absolute Gasteiger partial charge is 0.355 e. The van der Waals surface area contributed by atoms with Gasteiger partial charge in [0.2, 0.25) is 0 Å². The molecule has 0 spiro atoms. The van der Waals surface area contributed by atoms with E-state index in [0.717, 1.165) is 0 Å². The molecule has 0 heterocycles.